The van der Waals surface area contributed by atoms with Gasteiger partial charge in [0.1, 0.15) is 5.78 Å². The van der Waals surface area contributed by atoms with Gasteiger partial charge in [0, 0.05) is 18.2 Å². The van der Waals surface area contributed by atoms with Crippen molar-refractivity contribution in [3.05, 3.63) is 16.1 Å². The number of carbonyl (C=O) groups excluding carboxylic acids is 1. The van der Waals surface area contributed by atoms with Crippen LogP contribution in [-0.2, 0) is 11.2 Å². The van der Waals surface area contributed by atoms with E-state index in [0.29, 0.717) is 24.5 Å². The van der Waals surface area contributed by atoms with Gasteiger partial charge in [-0.05, 0) is 19.3 Å². The Kier molecular flexibility index (Phi) is 4.95. The lowest BCUT2D eigenvalue weighted by atomic mass is 10.0. The van der Waals surface area contributed by atoms with Crippen molar-refractivity contribution in [2.45, 2.75) is 46.5 Å². The first-order valence-corrected chi connectivity index (χ1v) is 6.38. The summed E-state index contributed by atoms with van der Waals surface area (Å²) in [7, 11) is 0. The topological polar surface area (TPSA) is 30.0 Å². The van der Waals surface area contributed by atoms with Gasteiger partial charge in [0.05, 0.1) is 10.7 Å². The molecule has 0 amide bonds. The molecule has 1 aromatic heterocycles. The smallest absolute Gasteiger partial charge is 0.138 e. The Balaban J connectivity index is 2.24. The standard InChI is InChI=1S/C12H19NOS/c1-9(2)5-4-6-12(14)7-11-8-15-10(3)13-11/h8-9H,4-7H2,1-3H3. The van der Waals surface area contributed by atoms with E-state index in [-0.39, 0.29) is 0 Å². The summed E-state index contributed by atoms with van der Waals surface area (Å²) in [5, 5.41) is 3.02. The third-order valence-corrected chi connectivity index (χ3v) is 3.10. The van der Waals surface area contributed by atoms with Crippen LogP contribution in [0.3, 0.4) is 0 Å². The maximum absolute atomic E-state index is 11.6. The van der Waals surface area contributed by atoms with E-state index in [1.807, 2.05) is 12.3 Å². The second kappa shape index (κ2) is 6.01. The molecule has 0 aromatic carbocycles. The van der Waals surface area contributed by atoms with Crippen LogP contribution in [0.2, 0.25) is 0 Å². The summed E-state index contributed by atoms with van der Waals surface area (Å²) in [6.07, 6.45) is 3.37. The highest BCUT2D eigenvalue weighted by Gasteiger charge is 2.06. The third kappa shape index (κ3) is 5.07. The minimum absolute atomic E-state index is 0.320. The van der Waals surface area contributed by atoms with Crippen molar-refractivity contribution in [3.63, 3.8) is 0 Å². The summed E-state index contributed by atoms with van der Waals surface area (Å²) in [5.41, 5.74) is 0.937. The highest BCUT2D eigenvalue weighted by Crippen LogP contribution is 2.11. The van der Waals surface area contributed by atoms with Crippen molar-refractivity contribution in [2.75, 3.05) is 0 Å². The number of ketones is 1. The third-order valence-electron chi connectivity index (χ3n) is 2.28. The molecule has 0 saturated carbocycles. The van der Waals surface area contributed by atoms with Gasteiger partial charge in [0.2, 0.25) is 0 Å². The molecule has 1 rings (SSSR count). The Bertz CT molecular complexity index is 317. The molecule has 2 nitrogen and oxygen atoms in total. The minimum Gasteiger partial charge on any atom is -0.299 e. The van der Waals surface area contributed by atoms with Gasteiger partial charge in [-0.15, -0.1) is 11.3 Å². The maximum Gasteiger partial charge on any atom is 0.138 e. The summed E-state index contributed by atoms with van der Waals surface area (Å²) in [6.45, 7) is 6.35. The highest BCUT2D eigenvalue weighted by molar-refractivity contribution is 7.09. The molecular weight excluding hydrogens is 206 g/mol. The quantitative estimate of drug-likeness (QED) is 0.742. The fourth-order valence-corrected chi connectivity index (χ4v) is 2.10. The number of thiazole rings is 1. The predicted octanol–water partition coefficient (Wildman–Crippen LogP) is 3.39. The van der Waals surface area contributed by atoms with Gasteiger partial charge in [-0.25, -0.2) is 4.98 Å². The van der Waals surface area contributed by atoms with Crippen molar-refractivity contribution in [1.29, 1.82) is 0 Å². The molecule has 0 spiro atoms. The molecule has 0 fully saturated rings. The summed E-state index contributed by atoms with van der Waals surface area (Å²) in [5.74, 6) is 1.01. The molecule has 0 N–H and O–H groups in total. The van der Waals surface area contributed by atoms with Crippen molar-refractivity contribution in [3.8, 4) is 0 Å². The van der Waals surface area contributed by atoms with Gasteiger partial charge in [0.25, 0.3) is 0 Å². The average molecular weight is 225 g/mol. The van der Waals surface area contributed by atoms with Crippen LogP contribution in [0, 0.1) is 12.8 Å². The van der Waals surface area contributed by atoms with Crippen molar-refractivity contribution < 1.29 is 4.79 Å². The number of aromatic nitrogens is 1. The van der Waals surface area contributed by atoms with E-state index in [1.165, 1.54) is 0 Å². The SMILES string of the molecule is Cc1nc(CC(=O)CCCC(C)C)cs1. The molecule has 0 atom stereocenters. The fraction of sp³-hybridized carbons (Fsp3) is 0.667. The number of Topliss-reactive ketones (excluding diaryl/α,β-unsaturated/α-hetero) is 1. The van der Waals surface area contributed by atoms with Crippen molar-refractivity contribution >= 4 is 17.1 Å². The van der Waals surface area contributed by atoms with E-state index in [0.717, 1.165) is 23.5 Å². The maximum atomic E-state index is 11.6. The van der Waals surface area contributed by atoms with Crippen molar-refractivity contribution in [1.82, 2.24) is 4.98 Å². The zero-order valence-corrected chi connectivity index (χ0v) is 10.6. The number of rotatable bonds is 6. The second-order valence-electron chi connectivity index (χ2n) is 4.36. The summed E-state index contributed by atoms with van der Waals surface area (Å²) in [4.78, 5) is 15.9. The highest BCUT2D eigenvalue weighted by atomic mass is 32.1. The van der Waals surface area contributed by atoms with Crippen LogP contribution in [0.15, 0.2) is 5.38 Å². The molecule has 0 aliphatic heterocycles. The molecule has 84 valence electrons. The van der Waals surface area contributed by atoms with E-state index in [9.17, 15) is 4.79 Å². The average Bonchev–Trinajstić information content (AvgIpc) is 2.50. The van der Waals surface area contributed by atoms with E-state index in [4.69, 9.17) is 0 Å². The van der Waals surface area contributed by atoms with Crippen LogP contribution in [0.1, 0.15) is 43.8 Å². The van der Waals surface area contributed by atoms with Crippen LogP contribution in [-0.4, -0.2) is 10.8 Å². The Morgan fingerprint density at radius 3 is 2.80 bits per heavy atom. The van der Waals surface area contributed by atoms with Gasteiger partial charge >= 0.3 is 0 Å². The number of aryl methyl sites for hydroxylation is 1. The monoisotopic (exact) mass is 225 g/mol. The van der Waals surface area contributed by atoms with Gasteiger partial charge in [-0.3, -0.25) is 4.79 Å². The first-order valence-electron chi connectivity index (χ1n) is 5.50. The zero-order valence-electron chi connectivity index (χ0n) is 9.75. The first kappa shape index (κ1) is 12.4. The van der Waals surface area contributed by atoms with Crippen LogP contribution in [0.4, 0.5) is 0 Å². The predicted molar refractivity (Wildman–Crippen MR) is 64.3 cm³/mol. The van der Waals surface area contributed by atoms with E-state index < -0.39 is 0 Å². The minimum atomic E-state index is 0.320. The number of carbonyl (C=O) groups is 1. The van der Waals surface area contributed by atoms with Crippen LogP contribution < -0.4 is 0 Å². The molecule has 0 saturated heterocycles. The summed E-state index contributed by atoms with van der Waals surface area (Å²) in [6, 6.07) is 0. The van der Waals surface area contributed by atoms with Gasteiger partial charge < -0.3 is 0 Å². The molecule has 0 unspecified atom stereocenters. The Hall–Kier alpha value is -0.700. The van der Waals surface area contributed by atoms with E-state index in [1.54, 1.807) is 11.3 Å². The zero-order chi connectivity index (χ0) is 11.3. The number of hydrogen-bond donors (Lipinski definition) is 0. The lowest BCUT2D eigenvalue weighted by Crippen LogP contribution is -2.03. The Labute approximate surface area is 95.7 Å². The summed E-state index contributed by atoms with van der Waals surface area (Å²) >= 11 is 1.61. The molecule has 0 bridgehead atoms. The molecule has 0 aliphatic carbocycles. The van der Waals surface area contributed by atoms with Gasteiger partial charge in [0.15, 0.2) is 0 Å². The summed E-state index contributed by atoms with van der Waals surface area (Å²) < 4.78 is 0. The second-order valence-corrected chi connectivity index (χ2v) is 5.42. The van der Waals surface area contributed by atoms with Crippen molar-refractivity contribution in [2.24, 2.45) is 5.92 Å². The Morgan fingerprint density at radius 1 is 1.53 bits per heavy atom. The molecular formula is C12H19NOS. The van der Waals surface area contributed by atoms with Crippen LogP contribution in [0.25, 0.3) is 0 Å². The normalized spacial score (nSPS) is 10.9. The van der Waals surface area contributed by atoms with Gasteiger partial charge in [-0.1, -0.05) is 20.3 Å². The van der Waals surface area contributed by atoms with E-state index in [2.05, 4.69) is 18.8 Å². The largest absolute Gasteiger partial charge is 0.299 e. The molecule has 3 heteroatoms. The fourth-order valence-electron chi connectivity index (χ4n) is 1.49. The van der Waals surface area contributed by atoms with E-state index >= 15 is 0 Å². The molecule has 15 heavy (non-hydrogen) atoms. The van der Waals surface area contributed by atoms with Gasteiger partial charge in [-0.2, -0.15) is 0 Å². The lowest BCUT2D eigenvalue weighted by Gasteiger charge is -2.02. The number of hydrogen-bond acceptors (Lipinski definition) is 3. The van der Waals surface area contributed by atoms with Crippen LogP contribution >= 0.6 is 11.3 Å². The van der Waals surface area contributed by atoms with Crippen LogP contribution in [0.5, 0.6) is 0 Å². The molecule has 1 aromatic rings. The lowest BCUT2D eigenvalue weighted by molar-refractivity contribution is -0.118. The first-order chi connectivity index (χ1) is 7.08. The number of nitrogens with zero attached hydrogens (tertiary/aromatic N) is 1. The Morgan fingerprint density at radius 2 is 2.27 bits per heavy atom. The molecule has 0 aliphatic rings. The molecule has 1 heterocycles. The molecule has 0 radical (unpaired) electrons.